The van der Waals surface area contributed by atoms with Gasteiger partial charge in [0.25, 0.3) is 0 Å². The lowest BCUT2D eigenvalue weighted by Gasteiger charge is -2.07. The summed E-state index contributed by atoms with van der Waals surface area (Å²) in [5.41, 5.74) is 1.03. The first kappa shape index (κ1) is 13.2. The second-order valence-electron chi connectivity index (χ2n) is 4.04. The molecule has 0 amide bonds. The van der Waals surface area contributed by atoms with Crippen LogP contribution in [-0.4, -0.2) is 28.3 Å². The summed E-state index contributed by atoms with van der Waals surface area (Å²) in [4.78, 5) is 8.57. The number of aryl methyl sites for hydroxylation is 1. The molecule has 0 saturated carbocycles. The van der Waals surface area contributed by atoms with Crippen LogP contribution in [0.2, 0.25) is 0 Å². The van der Waals surface area contributed by atoms with Gasteiger partial charge in [0.15, 0.2) is 0 Å². The molecule has 0 saturated heterocycles. The fourth-order valence-electron chi connectivity index (χ4n) is 1.81. The van der Waals surface area contributed by atoms with Crippen molar-refractivity contribution in [2.24, 2.45) is 0 Å². The number of hydrogen-bond donors (Lipinski definition) is 0. The Bertz CT molecular complexity index is 498. The van der Waals surface area contributed by atoms with Crippen LogP contribution < -0.4 is 0 Å². The van der Waals surface area contributed by atoms with Crippen LogP contribution in [0.15, 0.2) is 35.3 Å². The summed E-state index contributed by atoms with van der Waals surface area (Å²) in [5.74, 6) is 0.959. The highest BCUT2D eigenvalue weighted by atomic mass is 79.9. The lowest BCUT2D eigenvalue weighted by molar-refractivity contribution is 0.191. The van der Waals surface area contributed by atoms with Crippen molar-refractivity contribution < 1.29 is 4.74 Å². The van der Waals surface area contributed by atoms with E-state index in [-0.39, 0.29) is 0 Å². The summed E-state index contributed by atoms with van der Waals surface area (Å²) in [6, 6.07) is 2.03. The predicted molar refractivity (Wildman–Crippen MR) is 74.3 cm³/mol. The molecule has 0 atom stereocenters. The molecular formula is C13H16BrN3O. The number of imidazole rings is 1. The number of ether oxygens (including phenoxy) is 1. The molecule has 0 aliphatic rings. The number of methoxy groups -OCH3 is 1. The first-order valence-corrected chi connectivity index (χ1v) is 6.71. The third-order valence-corrected chi connectivity index (χ3v) is 3.11. The average Bonchev–Trinajstić information content (AvgIpc) is 2.83. The van der Waals surface area contributed by atoms with E-state index in [1.165, 1.54) is 0 Å². The van der Waals surface area contributed by atoms with Gasteiger partial charge in [-0.15, -0.1) is 0 Å². The maximum atomic E-state index is 5.05. The molecule has 5 heteroatoms. The Labute approximate surface area is 115 Å². The van der Waals surface area contributed by atoms with Crippen molar-refractivity contribution in [3.05, 3.63) is 35.3 Å². The van der Waals surface area contributed by atoms with Gasteiger partial charge in [0.05, 0.1) is 0 Å². The highest BCUT2D eigenvalue weighted by molar-refractivity contribution is 9.10. The van der Waals surface area contributed by atoms with Gasteiger partial charge in [-0.05, 0) is 34.8 Å². The monoisotopic (exact) mass is 309 g/mol. The van der Waals surface area contributed by atoms with E-state index >= 15 is 0 Å². The van der Waals surface area contributed by atoms with E-state index < -0.39 is 0 Å². The molecule has 4 nitrogen and oxygen atoms in total. The molecule has 0 aliphatic carbocycles. The van der Waals surface area contributed by atoms with E-state index in [9.17, 15) is 0 Å². The molecule has 0 bridgehead atoms. The Balaban J connectivity index is 2.08. The number of aromatic nitrogens is 3. The van der Waals surface area contributed by atoms with Crippen molar-refractivity contribution in [3.8, 4) is 11.4 Å². The van der Waals surface area contributed by atoms with Crippen LogP contribution in [0.5, 0.6) is 0 Å². The summed E-state index contributed by atoms with van der Waals surface area (Å²) in [7, 11) is 1.73. The summed E-state index contributed by atoms with van der Waals surface area (Å²) in [6.07, 6.45) is 9.58. The zero-order valence-corrected chi connectivity index (χ0v) is 11.9. The number of pyridine rings is 1. The van der Waals surface area contributed by atoms with Crippen molar-refractivity contribution >= 4 is 15.9 Å². The van der Waals surface area contributed by atoms with E-state index in [4.69, 9.17) is 4.74 Å². The number of halogens is 1. The lowest BCUT2D eigenvalue weighted by atomic mass is 10.2. The molecule has 0 aromatic carbocycles. The summed E-state index contributed by atoms with van der Waals surface area (Å²) < 4.78 is 8.17. The van der Waals surface area contributed by atoms with Crippen molar-refractivity contribution in [1.29, 1.82) is 0 Å². The Morgan fingerprint density at radius 1 is 1.33 bits per heavy atom. The molecule has 0 N–H and O–H groups in total. The highest BCUT2D eigenvalue weighted by Crippen LogP contribution is 2.20. The van der Waals surface area contributed by atoms with E-state index in [0.29, 0.717) is 0 Å². The number of hydrogen-bond acceptors (Lipinski definition) is 3. The molecule has 2 rings (SSSR count). The molecular weight excluding hydrogens is 294 g/mol. The zero-order chi connectivity index (χ0) is 12.8. The Hall–Kier alpha value is -1.20. The van der Waals surface area contributed by atoms with Crippen LogP contribution >= 0.6 is 15.9 Å². The Morgan fingerprint density at radius 2 is 2.22 bits per heavy atom. The largest absolute Gasteiger partial charge is 0.385 e. The fraction of sp³-hybridized carbons (Fsp3) is 0.385. The second kappa shape index (κ2) is 6.66. The number of rotatable bonds is 6. The molecule has 0 unspecified atom stereocenters. The third kappa shape index (κ3) is 3.40. The van der Waals surface area contributed by atoms with Crippen molar-refractivity contribution in [2.75, 3.05) is 13.7 Å². The SMILES string of the molecule is COCCCCn1ccnc1-c1cncc(Br)c1. The van der Waals surface area contributed by atoms with E-state index in [1.54, 1.807) is 13.3 Å². The normalized spacial score (nSPS) is 10.8. The van der Waals surface area contributed by atoms with Crippen LogP contribution in [0.1, 0.15) is 12.8 Å². The van der Waals surface area contributed by atoms with Crippen LogP contribution in [0.3, 0.4) is 0 Å². The minimum absolute atomic E-state index is 0.808. The third-order valence-electron chi connectivity index (χ3n) is 2.68. The molecule has 0 aliphatic heterocycles. The van der Waals surface area contributed by atoms with Gasteiger partial charge < -0.3 is 9.30 Å². The smallest absolute Gasteiger partial charge is 0.141 e. The van der Waals surface area contributed by atoms with Crippen LogP contribution in [0, 0.1) is 0 Å². The molecule has 2 aromatic rings. The lowest BCUT2D eigenvalue weighted by Crippen LogP contribution is -2.01. The Morgan fingerprint density at radius 3 is 3.00 bits per heavy atom. The molecule has 0 fully saturated rings. The molecule has 2 aromatic heterocycles. The van der Waals surface area contributed by atoms with Crippen LogP contribution in [0.25, 0.3) is 11.4 Å². The van der Waals surface area contributed by atoms with Crippen LogP contribution in [0.4, 0.5) is 0 Å². The molecule has 2 heterocycles. The van der Waals surface area contributed by atoms with Gasteiger partial charge in [0.2, 0.25) is 0 Å². The van der Waals surface area contributed by atoms with Crippen molar-refractivity contribution in [3.63, 3.8) is 0 Å². The van der Waals surface area contributed by atoms with Gasteiger partial charge in [-0.2, -0.15) is 0 Å². The first-order chi connectivity index (χ1) is 8.81. The molecule has 0 spiro atoms. The van der Waals surface area contributed by atoms with Gasteiger partial charge in [0, 0.05) is 55.1 Å². The first-order valence-electron chi connectivity index (χ1n) is 5.92. The van der Waals surface area contributed by atoms with Gasteiger partial charge in [-0.3, -0.25) is 4.98 Å². The molecule has 0 radical (unpaired) electrons. The van der Waals surface area contributed by atoms with Crippen molar-refractivity contribution in [2.45, 2.75) is 19.4 Å². The fourth-order valence-corrected chi connectivity index (χ4v) is 2.18. The van der Waals surface area contributed by atoms with Gasteiger partial charge in [-0.25, -0.2) is 4.98 Å². The molecule has 96 valence electrons. The molecule has 18 heavy (non-hydrogen) atoms. The van der Waals surface area contributed by atoms with E-state index in [0.717, 1.165) is 41.9 Å². The summed E-state index contributed by atoms with van der Waals surface area (Å²) >= 11 is 3.43. The maximum absolute atomic E-state index is 5.05. The average molecular weight is 310 g/mol. The van der Waals surface area contributed by atoms with E-state index in [1.807, 2.05) is 24.7 Å². The summed E-state index contributed by atoms with van der Waals surface area (Å²) in [6.45, 7) is 1.76. The standard InChI is InChI=1S/C13H16BrN3O/c1-18-7-3-2-5-17-6-4-16-13(17)11-8-12(14)10-15-9-11/h4,6,8-10H,2-3,5,7H2,1H3. The second-order valence-corrected chi connectivity index (χ2v) is 4.95. The predicted octanol–water partition coefficient (Wildman–Crippen LogP) is 3.13. The summed E-state index contributed by atoms with van der Waals surface area (Å²) in [5, 5.41) is 0. The highest BCUT2D eigenvalue weighted by Gasteiger charge is 2.06. The quantitative estimate of drug-likeness (QED) is 0.770. The van der Waals surface area contributed by atoms with Gasteiger partial charge in [-0.1, -0.05) is 0 Å². The Kier molecular flexibility index (Phi) is 4.90. The van der Waals surface area contributed by atoms with E-state index in [2.05, 4.69) is 30.5 Å². The zero-order valence-electron chi connectivity index (χ0n) is 10.3. The van der Waals surface area contributed by atoms with Gasteiger partial charge >= 0.3 is 0 Å². The minimum atomic E-state index is 0.808. The van der Waals surface area contributed by atoms with Gasteiger partial charge in [0.1, 0.15) is 5.82 Å². The number of nitrogens with zero attached hydrogens (tertiary/aromatic N) is 3. The van der Waals surface area contributed by atoms with Crippen LogP contribution in [-0.2, 0) is 11.3 Å². The topological polar surface area (TPSA) is 39.9 Å². The van der Waals surface area contributed by atoms with Crippen molar-refractivity contribution in [1.82, 2.24) is 14.5 Å². The maximum Gasteiger partial charge on any atom is 0.141 e. The minimum Gasteiger partial charge on any atom is -0.385 e. The number of unbranched alkanes of at least 4 members (excludes halogenated alkanes) is 1.